The van der Waals surface area contributed by atoms with Gasteiger partial charge in [-0.25, -0.2) is 0 Å². The van der Waals surface area contributed by atoms with Gasteiger partial charge in [-0.2, -0.15) is 0 Å². The summed E-state index contributed by atoms with van der Waals surface area (Å²) < 4.78 is 12.4. The number of nitrogens with two attached hydrogens (primary N) is 1. The summed E-state index contributed by atoms with van der Waals surface area (Å²) in [5, 5.41) is 0. The van der Waals surface area contributed by atoms with Gasteiger partial charge in [-0.3, -0.25) is 4.79 Å². The normalized spacial score (nSPS) is 10.3. The lowest BCUT2D eigenvalue weighted by molar-refractivity contribution is 0.278. The zero-order valence-electron chi connectivity index (χ0n) is 11.6. The lowest BCUT2D eigenvalue weighted by atomic mass is 10.2. The van der Waals surface area contributed by atoms with E-state index < -0.39 is 0 Å². The van der Waals surface area contributed by atoms with Crippen molar-refractivity contribution in [2.45, 2.75) is 13.5 Å². The number of hydrogen-bond donors (Lipinski definition) is 1. The molecule has 1 aromatic carbocycles. The molecule has 0 radical (unpaired) electrons. The van der Waals surface area contributed by atoms with Crippen molar-refractivity contribution in [3.63, 3.8) is 0 Å². The molecule has 1 heterocycles. The zero-order chi connectivity index (χ0) is 14.5. The summed E-state index contributed by atoms with van der Waals surface area (Å²) in [6, 6.07) is 8.92. The number of ether oxygens (including phenoxy) is 2. The molecule has 106 valence electrons. The predicted octanol–water partition coefficient (Wildman–Crippen LogP) is 1.83. The highest BCUT2D eigenvalue weighted by Gasteiger charge is 2.04. The quantitative estimate of drug-likeness (QED) is 0.903. The summed E-state index contributed by atoms with van der Waals surface area (Å²) in [6.07, 6.45) is 1.64. The minimum atomic E-state index is -0.0830. The topological polar surface area (TPSA) is 66.5 Å². The van der Waals surface area contributed by atoms with Crippen molar-refractivity contribution in [1.82, 2.24) is 4.57 Å². The van der Waals surface area contributed by atoms with Gasteiger partial charge in [0.2, 0.25) is 0 Å². The molecule has 2 rings (SSSR count). The summed E-state index contributed by atoms with van der Waals surface area (Å²) >= 11 is 0. The molecule has 0 bridgehead atoms. The van der Waals surface area contributed by atoms with Crippen molar-refractivity contribution in [2.24, 2.45) is 0 Å². The van der Waals surface area contributed by atoms with Gasteiger partial charge in [0.15, 0.2) is 11.5 Å². The van der Waals surface area contributed by atoms with Gasteiger partial charge in [0.25, 0.3) is 5.56 Å². The third kappa shape index (κ3) is 3.12. The molecular formula is C15H18N2O3. The van der Waals surface area contributed by atoms with Gasteiger partial charge in [0.05, 0.1) is 19.3 Å². The van der Waals surface area contributed by atoms with Gasteiger partial charge in [0.1, 0.15) is 6.61 Å². The van der Waals surface area contributed by atoms with Crippen LogP contribution < -0.4 is 20.8 Å². The fraction of sp³-hybridized carbons (Fsp3) is 0.267. The Hall–Kier alpha value is -2.43. The number of aryl methyl sites for hydroxylation is 1. The van der Waals surface area contributed by atoms with Crippen LogP contribution in [0.25, 0.3) is 0 Å². The summed E-state index contributed by atoms with van der Waals surface area (Å²) in [5.74, 6) is 1.33. The lowest BCUT2D eigenvalue weighted by Gasteiger charge is -2.12. The van der Waals surface area contributed by atoms with Crippen LogP contribution in [0.15, 0.2) is 41.3 Å². The monoisotopic (exact) mass is 274 g/mol. The van der Waals surface area contributed by atoms with Crippen LogP contribution >= 0.6 is 0 Å². The SMILES string of the molecule is COc1ccccc1OCCn1cc(N)c(C)cc1=O. The van der Waals surface area contributed by atoms with Crippen LogP contribution in [0.4, 0.5) is 5.69 Å². The zero-order valence-corrected chi connectivity index (χ0v) is 11.6. The van der Waals surface area contributed by atoms with Crippen LogP contribution in [0, 0.1) is 6.92 Å². The first-order valence-corrected chi connectivity index (χ1v) is 6.34. The Kier molecular flexibility index (Phi) is 4.30. The fourth-order valence-electron chi connectivity index (χ4n) is 1.85. The molecular weight excluding hydrogens is 256 g/mol. The number of hydrogen-bond acceptors (Lipinski definition) is 4. The van der Waals surface area contributed by atoms with Crippen molar-refractivity contribution >= 4 is 5.69 Å². The summed E-state index contributed by atoms with van der Waals surface area (Å²) in [5.41, 5.74) is 7.10. The van der Waals surface area contributed by atoms with E-state index in [4.69, 9.17) is 15.2 Å². The minimum Gasteiger partial charge on any atom is -0.493 e. The number of methoxy groups -OCH3 is 1. The first kappa shape index (κ1) is 14.0. The van der Waals surface area contributed by atoms with Crippen molar-refractivity contribution < 1.29 is 9.47 Å². The molecule has 0 atom stereocenters. The van der Waals surface area contributed by atoms with E-state index in [1.54, 1.807) is 13.3 Å². The maximum atomic E-state index is 11.8. The average molecular weight is 274 g/mol. The van der Waals surface area contributed by atoms with E-state index in [0.717, 1.165) is 5.56 Å². The van der Waals surface area contributed by atoms with Crippen LogP contribution in [0.1, 0.15) is 5.56 Å². The standard InChI is InChI=1S/C15H18N2O3/c1-11-9-15(18)17(10-12(11)16)7-8-20-14-6-4-3-5-13(14)19-2/h3-6,9-10H,7-8,16H2,1-2H3. The molecule has 0 amide bonds. The Morgan fingerprint density at radius 2 is 1.95 bits per heavy atom. The molecule has 0 spiro atoms. The molecule has 0 saturated carbocycles. The molecule has 5 nitrogen and oxygen atoms in total. The Balaban J connectivity index is 2.03. The Bertz CT molecular complexity index is 650. The van der Waals surface area contributed by atoms with Gasteiger partial charge >= 0.3 is 0 Å². The molecule has 2 N–H and O–H groups in total. The maximum absolute atomic E-state index is 11.8. The van der Waals surface area contributed by atoms with E-state index in [1.807, 2.05) is 31.2 Å². The molecule has 0 aliphatic rings. The second-order valence-corrected chi connectivity index (χ2v) is 4.44. The van der Waals surface area contributed by atoms with E-state index in [1.165, 1.54) is 10.6 Å². The average Bonchev–Trinajstić information content (AvgIpc) is 2.45. The number of pyridine rings is 1. The molecule has 0 aliphatic carbocycles. The molecule has 0 saturated heterocycles. The second-order valence-electron chi connectivity index (χ2n) is 4.44. The molecule has 5 heteroatoms. The molecule has 1 aromatic heterocycles. The van der Waals surface area contributed by atoms with Gasteiger partial charge in [-0.15, -0.1) is 0 Å². The van der Waals surface area contributed by atoms with Crippen molar-refractivity contribution in [3.8, 4) is 11.5 Å². The predicted molar refractivity (Wildman–Crippen MR) is 78.3 cm³/mol. The number of rotatable bonds is 5. The summed E-state index contributed by atoms with van der Waals surface area (Å²) in [6.45, 7) is 2.61. The molecule has 0 aliphatic heterocycles. The summed E-state index contributed by atoms with van der Waals surface area (Å²) in [4.78, 5) is 11.8. The highest BCUT2D eigenvalue weighted by molar-refractivity contribution is 5.43. The van der Waals surface area contributed by atoms with Gasteiger partial charge in [0, 0.05) is 12.3 Å². The van der Waals surface area contributed by atoms with Gasteiger partial charge in [-0.1, -0.05) is 12.1 Å². The van der Waals surface area contributed by atoms with Crippen LogP contribution in [0.2, 0.25) is 0 Å². The lowest BCUT2D eigenvalue weighted by Crippen LogP contribution is -2.23. The first-order valence-electron chi connectivity index (χ1n) is 6.34. The van der Waals surface area contributed by atoms with Crippen molar-refractivity contribution in [3.05, 3.63) is 52.4 Å². The Morgan fingerprint density at radius 3 is 2.65 bits per heavy atom. The third-order valence-corrected chi connectivity index (χ3v) is 3.03. The summed E-state index contributed by atoms with van der Waals surface area (Å²) in [7, 11) is 1.59. The van der Waals surface area contributed by atoms with Crippen LogP contribution in [-0.4, -0.2) is 18.3 Å². The largest absolute Gasteiger partial charge is 0.493 e. The smallest absolute Gasteiger partial charge is 0.251 e. The highest BCUT2D eigenvalue weighted by Crippen LogP contribution is 2.25. The Labute approximate surface area is 117 Å². The second kappa shape index (κ2) is 6.14. The van der Waals surface area contributed by atoms with Crippen molar-refractivity contribution in [2.75, 3.05) is 19.5 Å². The molecule has 20 heavy (non-hydrogen) atoms. The van der Waals surface area contributed by atoms with Crippen LogP contribution in [-0.2, 0) is 6.54 Å². The fourth-order valence-corrected chi connectivity index (χ4v) is 1.85. The number of para-hydroxylation sites is 2. The van der Waals surface area contributed by atoms with E-state index in [2.05, 4.69) is 0 Å². The van der Waals surface area contributed by atoms with E-state index in [-0.39, 0.29) is 5.56 Å². The van der Waals surface area contributed by atoms with Crippen LogP contribution in [0.5, 0.6) is 11.5 Å². The third-order valence-electron chi connectivity index (χ3n) is 3.03. The van der Waals surface area contributed by atoms with Gasteiger partial charge < -0.3 is 19.8 Å². The maximum Gasteiger partial charge on any atom is 0.251 e. The molecule has 2 aromatic rings. The van der Waals surface area contributed by atoms with Crippen LogP contribution in [0.3, 0.4) is 0 Å². The number of aromatic nitrogens is 1. The molecule has 0 unspecified atom stereocenters. The number of nitrogens with zero attached hydrogens (tertiary/aromatic N) is 1. The molecule has 0 fully saturated rings. The highest BCUT2D eigenvalue weighted by atomic mass is 16.5. The minimum absolute atomic E-state index is 0.0830. The van der Waals surface area contributed by atoms with Gasteiger partial charge in [-0.05, 0) is 24.6 Å². The Morgan fingerprint density at radius 1 is 1.25 bits per heavy atom. The van der Waals surface area contributed by atoms with E-state index >= 15 is 0 Å². The first-order chi connectivity index (χ1) is 9.61. The number of anilines is 1. The van der Waals surface area contributed by atoms with E-state index in [9.17, 15) is 4.79 Å². The van der Waals surface area contributed by atoms with Crippen molar-refractivity contribution in [1.29, 1.82) is 0 Å². The van der Waals surface area contributed by atoms with E-state index in [0.29, 0.717) is 30.3 Å². The number of nitrogen functional groups attached to an aromatic ring is 1. The number of benzene rings is 1.